The van der Waals surface area contributed by atoms with Gasteiger partial charge in [0.1, 0.15) is 4.60 Å². The first-order valence-corrected chi connectivity index (χ1v) is 7.99. The summed E-state index contributed by atoms with van der Waals surface area (Å²) in [7, 11) is -3.19. The summed E-state index contributed by atoms with van der Waals surface area (Å²) < 4.78 is 23.8. The fourth-order valence-corrected chi connectivity index (χ4v) is 2.76. The molecule has 0 atom stereocenters. The van der Waals surface area contributed by atoms with Gasteiger partial charge in [0.25, 0.3) is 0 Å². The fourth-order valence-electron chi connectivity index (χ4n) is 1.65. The summed E-state index contributed by atoms with van der Waals surface area (Å²) in [6.07, 6.45) is 2.96. The van der Waals surface area contributed by atoms with Crippen LogP contribution >= 0.6 is 15.9 Å². The third-order valence-corrected chi connectivity index (χ3v) is 4.29. The molecule has 2 aromatic rings. The Balaban J connectivity index is 2.62. The van der Waals surface area contributed by atoms with Crippen molar-refractivity contribution in [2.24, 2.45) is 0 Å². The molecule has 2 rings (SSSR count). The highest BCUT2D eigenvalue weighted by molar-refractivity contribution is 9.10. The summed E-state index contributed by atoms with van der Waals surface area (Å²) in [5, 5.41) is 0. The predicted octanol–water partition coefficient (Wildman–Crippen LogP) is 3.22. The topological polar surface area (TPSA) is 47.0 Å². The van der Waals surface area contributed by atoms with E-state index in [1.54, 1.807) is 24.4 Å². The smallest absolute Gasteiger partial charge is 0.175 e. The van der Waals surface area contributed by atoms with Crippen molar-refractivity contribution in [3.05, 3.63) is 46.7 Å². The summed E-state index contributed by atoms with van der Waals surface area (Å²) in [4.78, 5) is 4.53. The van der Waals surface area contributed by atoms with E-state index in [1.807, 2.05) is 19.1 Å². The summed E-state index contributed by atoms with van der Waals surface area (Å²) >= 11 is 3.38. The van der Waals surface area contributed by atoms with Gasteiger partial charge in [-0.15, -0.1) is 0 Å². The molecular weight excluding hydrogens is 314 g/mol. The third-order valence-electron chi connectivity index (χ3n) is 2.55. The van der Waals surface area contributed by atoms with E-state index in [2.05, 4.69) is 20.9 Å². The Bertz CT molecular complexity index is 696. The Labute approximate surface area is 115 Å². The number of sulfone groups is 1. The molecule has 0 fully saturated rings. The van der Waals surface area contributed by atoms with E-state index in [-0.39, 0.29) is 0 Å². The second kappa shape index (κ2) is 4.82. The van der Waals surface area contributed by atoms with Crippen LogP contribution in [-0.4, -0.2) is 19.7 Å². The minimum atomic E-state index is -3.19. The van der Waals surface area contributed by atoms with Crippen LogP contribution in [0, 0.1) is 6.92 Å². The number of aryl methyl sites for hydroxylation is 1. The van der Waals surface area contributed by atoms with Crippen LogP contribution in [0.3, 0.4) is 0 Å². The van der Waals surface area contributed by atoms with Gasteiger partial charge in [-0.25, -0.2) is 13.4 Å². The number of benzene rings is 1. The number of hydrogen-bond acceptors (Lipinski definition) is 3. The number of nitrogens with zero attached hydrogens (tertiary/aromatic N) is 1. The van der Waals surface area contributed by atoms with Gasteiger partial charge in [0.05, 0.1) is 4.90 Å². The lowest BCUT2D eigenvalue weighted by Gasteiger charge is -2.07. The highest BCUT2D eigenvalue weighted by Gasteiger charge is 2.10. The Morgan fingerprint density at radius 3 is 2.61 bits per heavy atom. The second-order valence-corrected chi connectivity index (χ2v) is 6.92. The van der Waals surface area contributed by atoms with E-state index < -0.39 is 9.84 Å². The molecule has 0 N–H and O–H groups in total. The van der Waals surface area contributed by atoms with Crippen molar-refractivity contribution in [3.63, 3.8) is 0 Å². The molecule has 0 saturated carbocycles. The molecule has 1 aromatic carbocycles. The van der Waals surface area contributed by atoms with Crippen molar-refractivity contribution in [2.75, 3.05) is 6.26 Å². The van der Waals surface area contributed by atoms with E-state index >= 15 is 0 Å². The molecule has 18 heavy (non-hydrogen) atoms. The van der Waals surface area contributed by atoms with Gasteiger partial charge in [0.2, 0.25) is 0 Å². The van der Waals surface area contributed by atoms with Crippen molar-refractivity contribution < 1.29 is 8.42 Å². The first kappa shape index (κ1) is 13.2. The van der Waals surface area contributed by atoms with Crippen LogP contribution in [0.15, 0.2) is 46.0 Å². The molecule has 0 amide bonds. The monoisotopic (exact) mass is 325 g/mol. The van der Waals surface area contributed by atoms with Gasteiger partial charge < -0.3 is 0 Å². The Hall–Kier alpha value is -1.20. The number of aromatic nitrogens is 1. The van der Waals surface area contributed by atoms with Gasteiger partial charge in [-0.2, -0.15) is 0 Å². The van der Waals surface area contributed by atoms with E-state index in [0.717, 1.165) is 16.7 Å². The van der Waals surface area contributed by atoms with Gasteiger partial charge in [-0.05, 0) is 52.2 Å². The van der Waals surface area contributed by atoms with Gasteiger partial charge in [-0.1, -0.05) is 12.1 Å². The molecule has 0 radical (unpaired) electrons. The molecule has 3 nitrogen and oxygen atoms in total. The number of pyridine rings is 1. The molecule has 0 aliphatic heterocycles. The first-order valence-electron chi connectivity index (χ1n) is 5.30. The molecule has 0 saturated heterocycles. The average Bonchev–Trinajstić information content (AvgIpc) is 2.31. The van der Waals surface area contributed by atoms with Crippen molar-refractivity contribution >= 4 is 25.8 Å². The van der Waals surface area contributed by atoms with Crippen LogP contribution in [-0.2, 0) is 9.84 Å². The largest absolute Gasteiger partial charge is 0.248 e. The molecule has 0 spiro atoms. The van der Waals surface area contributed by atoms with Crippen molar-refractivity contribution in [2.45, 2.75) is 11.8 Å². The minimum absolute atomic E-state index is 0.313. The normalized spacial score (nSPS) is 11.5. The molecule has 0 aliphatic carbocycles. The van der Waals surface area contributed by atoms with Crippen molar-refractivity contribution in [1.82, 2.24) is 4.98 Å². The third kappa shape index (κ3) is 2.79. The number of hydrogen-bond donors (Lipinski definition) is 0. The molecule has 94 valence electrons. The summed E-state index contributed by atoms with van der Waals surface area (Å²) in [5.41, 5.74) is 2.75. The van der Waals surface area contributed by atoms with E-state index in [0.29, 0.717) is 9.50 Å². The summed E-state index contributed by atoms with van der Waals surface area (Å²) in [6, 6.07) is 8.83. The van der Waals surface area contributed by atoms with Crippen molar-refractivity contribution in [1.29, 1.82) is 0 Å². The Morgan fingerprint density at radius 2 is 1.94 bits per heavy atom. The van der Waals surface area contributed by atoms with Crippen LogP contribution in [0.1, 0.15) is 5.56 Å². The maximum atomic E-state index is 11.5. The molecule has 0 bridgehead atoms. The Morgan fingerprint density at radius 1 is 1.22 bits per heavy atom. The molecule has 0 aliphatic rings. The van der Waals surface area contributed by atoms with Crippen LogP contribution in [0.5, 0.6) is 0 Å². The molecule has 1 heterocycles. The average molecular weight is 326 g/mol. The molecule has 1 aromatic heterocycles. The quantitative estimate of drug-likeness (QED) is 0.796. The van der Waals surface area contributed by atoms with Gasteiger partial charge in [0.15, 0.2) is 9.84 Å². The minimum Gasteiger partial charge on any atom is -0.248 e. The number of rotatable bonds is 2. The van der Waals surface area contributed by atoms with Gasteiger partial charge in [-0.3, -0.25) is 0 Å². The first-order chi connectivity index (χ1) is 8.38. The van der Waals surface area contributed by atoms with E-state index in [1.165, 1.54) is 6.26 Å². The summed E-state index contributed by atoms with van der Waals surface area (Å²) in [6.45, 7) is 1.95. The van der Waals surface area contributed by atoms with Gasteiger partial charge >= 0.3 is 0 Å². The SMILES string of the molecule is Cc1cnc(Br)c(-c2cccc(S(C)(=O)=O)c2)c1. The zero-order chi connectivity index (χ0) is 13.3. The maximum Gasteiger partial charge on any atom is 0.175 e. The van der Waals surface area contributed by atoms with E-state index in [9.17, 15) is 8.42 Å². The molecule has 5 heteroatoms. The predicted molar refractivity (Wildman–Crippen MR) is 75.2 cm³/mol. The summed E-state index contributed by atoms with van der Waals surface area (Å²) in [5.74, 6) is 0. The highest BCUT2D eigenvalue weighted by atomic mass is 79.9. The highest BCUT2D eigenvalue weighted by Crippen LogP contribution is 2.28. The Kier molecular flexibility index (Phi) is 3.54. The van der Waals surface area contributed by atoms with Crippen LogP contribution < -0.4 is 0 Å². The standard InChI is InChI=1S/C13H12BrNO2S/c1-9-6-12(13(14)15-8-9)10-4-3-5-11(7-10)18(2,16)17/h3-8H,1-2H3. The fraction of sp³-hybridized carbons (Fsp3) is 0.154. The maximum absolute atomic E-state index is 11.5. The molecular formula is C13H12BrNO2S. The number of halogens is 1. The zero-order valence-corrected chi connectivity index (χ0v) is 12.4. The zero-order valence-electron chi connectivity index (χ0n) is 10.0. The van der Waals surface area contributed by atoms with Gasteiger partial charge in [0, 0.05) is 18.0 Å². The van der Waals surface area contributed by atoms with Crippen molar-refractivity contribution in [3.8, 4) is 11.1 Å². The van der Waals surface area contributed by atoms with Crippen LogP contribution in [0.2, 0.25) is 0 Å². The lowest BCUT2D eigenvalue weighted by Crippen LogP contribution is -1.97. The lowest BCUT2D eigenvalue weighted by atomic mass is 10.1. The second-order valence-electron chi connectivity index (χ2n) is 4.15. The van der Waals surface area contributed by atoms with Crippen LogP contribution in [0.4, 0.5) is 0 Å². The van der Waals surface area contributed by atoms with E-state index in [4.69, 9.17) is 0 Å². The van der Waals surface area contributed by atoms with Crippen LogP contribution in [0.25, 0.3) is 11.1 Å². The molecule has 0 unspecified atom stereocenters. The lowest BCUT2D eigenvalue weighted by molar-refractivity contribution is 0.602.